The van der Waals surface area contributed by atoms with E-state index in [1.807, 2.05) is 65.7 Å². The quantitative estimate of drug-likeness (QED) is 0.563. The van der Waals surface area contributed by atoms with Crippen LogP contribution in [-0.2, 0) is 11.2 Å². The van der Waals surface area contributed by atoms with Crippen molar-refractivity contribution >= 4 is 22.9 Å². The lowest BCUT2D eigenvalue weighted by Gasteiger charge is -2.23. The Balaban J connectivity index is 1.38. The second-order valence-electron chi connectivity index (χ2n) is 7.63. The van der Waals surface area contributed by atoms with Gasteiger partial charge in [-0.2, -0.15) is 5.26 Å². The zero-order valence-electron chi connectivity index (χ0n) is 18.2. The van der Waals surface area contributed by atoms with Gasteiger partial charge in [-0.15, -0.1) is 11.3 Å². The third-order valence-electron chi connectivity index (χ3n) is 5.51. The molecule has 2 aromatic carbocycles. The van der Waals surface area contributed by atoms with Gasteiger partial charge in [0, 0.05) is 37.2 Å². The van der Waals surface area contributed by atoms with Crippen molar-refractivity contribution in [3.63, 3.8) is 0 Å². The number of ether oxygens (including phenoxy) is 1. The first kappa shape index (κ1) is 21.8. The summed E-state index contributed by atoms with van der Waals surface area (Å²) in [6, 6.07) is 17.7. The number of hydrogen-bond acceptors (Lipinski definition) is 6. The molecule has 0 unspecified atom stereocenters. The van der Waals surface area contributed by atoms with Crippen molar-refractivity contribution in [3.05, 3.63) is 65.2 Å². The Labute approximate surface area is 192 Å². The average molecular weight is 447 g/mol. The number of amides is 1. The normalized spacial score (nSPS) is 14.0. The molecule has 0 saturated carbocycles. The van der Waals surface area contributed by atoms with Crippen LogP contribution in [0.25, 0.3) is 10.6 Å². The largest absolute Gasteiger partial charge is 0.493 e. The number of hydrogen-bond donors (Lipinski definition) is 0. The predicted octanol–water partition coefficient (Wildman–Crippen LogP) is 4.36. The molecule has 0 radical (unpaired) electrons. The zero-order chi connectivity index (χ0) is 22.3. The second-order valence-corrected chi connectivity index (χ2v) is 8.49. The Kier molecular flexibility index (Phi) is 7.03. The molecule has 0 N–H and O–H groups in total. The van der Waals surface area contributed by atoms with Crippen molar-refractivity contribution < 1.29 is 9.53 Å². The number of aromatic nitrogens is 1. The number of anilines is 1. The van der Waals surface area contributed by atoms with Crippen LogP contribution < -0.4 is 9.64 Å². The summed E-state index contributed by atoms with van der Waals surface area (Å²) in [4.78, 5) is 21.9. The molecule has 3 aromatic rings. The van der Waals surface area contributed by atoms with Gasteiger partial charge >= 0.3 is 0 Å². The van der Waals surface area contributed by atoms with Gasteiger partial charge in [-0.1, -0.05) is 12.1 Å². The van der Waals surface area contributed by atoms with Crippen LogP contribution in [-0.4, -0.2) is 48.6 Å². The molecule has 0 atom stereocenters. The van der Waals surface area contributed by atoms with Crippen molar-refractivity contribution in [1.82, 2.24) is 9.88 Å². The van der Waals surface area contributed by atoms with E-state index in [0.717, 1.165) is 53.8 Å². The van der Waals surface area contributed by atoms with E-state index in [-0.39, 0.29) is 5.91 Å². The molecule has 1 saturated heterocycles. The fourth-order valence-corrected chi connectivity index (χ4v) is 4.72. The topological polar surface area (TPSA) is 69.5 Å². The first-order valence-corrected chi connectivity index (χ1v) is 11.8. The smallest absolute Gasteiger partial charge is 0.228 e. The summed E-state index contributed by atoms with van der Waals surface area (Å²) in [5, 5.41) is 11.8. The highest BCUT2D eigenvalue weighted by atomic mass is 32.1. The molecular formula is C25H26N4O2S. The fraction of sp³-hybridized carbons (Fsp3) is 0.320. The minimum Gasteiger partial charge on any atom is -0.493 e. The average Bonchev–Trinajstić information content (AvgIpc) is 3.14. The molecule has 2 heterocycles. The maximum Gasteiger partial charge on any atom is 0.228 e. The van der Waals surface area contributed by atoms with Crippen LogP contribution in [0.5, 0.6) is 5.75 Å². The van der Waals surface area contributed by atoms with E-state index in [0.29, 0.717) is 25.1 Å². The van der Waals surface area contributed by atoms with E-state index >= 15 is 0 Å². The Morgan fingerprint density at radius 1 is 1.12 bits per heavy atom. The fourth-order valence-electron chi connectivity index (χ4n) is 3.88. The number of nitriles is 1. The highest BCUT2D eigenvalue weighted by molar-refractivity contribution is 7.13. The Morgan fingerprint density at radius 2 is 1.94 bits per heavy atom. The summed E-state index contributed by atoms with van der Waals surface area (Å²) in [7, 11) is 0. The Hall–Kier alpha value is -3.37. The van der Waals surface area contributed by atoms with Crippen molar-refractivity contribution in [3.8, 4) is 22.4 Å². The van der Waals surface area contributed by atoms with Gasteiger partial charge in [0.1, 0.15) is 10.8 Å². The molecule has 1 aliphatic heterocycles. The highest BCUT2D eigenvalue weighted by Crippen LogP contribution is 2.32. The molecule has 0 bridgehead atoms. The molecule has 32 heavy (non-hydrogen) atoms. The molecular weight excluding hydrogens is 420 g/mol. The summed E-state index contributed by atoms with van der Waals surface area (Å²) < 4.78 is 5.72. The molecule has 1 amide bonds. The first-order chi connectivity index (χ1) is 15.7. The van der Waals surface area contributed by atoms with Crippen molar-refractivity contribution in [2.24, 2.45) is 0 Å². The lowest BCUT2D eigenvalue weighted by Crippen LogP contribution is -2.36. The number of para-hydroxylation sites is 1. The number of thiazole rings is 1. The standard InChI is InChI=1S/C25H26N4O2S/c1-2-31-23-7-4-3-6-22(23)25-27-20(18-32-25)16-24(30)29-13-5-12-28(14-15-29)21-10-8-19(17-26)9-11-21/h3-4,6-11,18H,2,5,12-16H2,1H3. The molecule has 7 heteroatoms. The van der Waals surface area contributed by atoms with Crippen LogP contribution in [0.2, 0.25) is 0 Å². The molecule has 164 valence electrons. The minimum atomic E-state index is 0.113. The van der Waals surface area contributed by atoms with Crippen molar-refractivity contribution in [1.29, 1.82) is 5.26 Å². The van der Waals surface area contributed by atoms with Crippen LogP contribution in [0.3, 0.4) is 0 Å². The van der Waals surface area contributed by atoms with Crippen LogP contribution >= 0.6 is 11.3 Å². The van der Waals surface area contributed by atoms with Gasteiger partial charge in [-0.25, -0.2) is 4.98 Å². The van der Waals surface area contributed by atoms with Crippen LogP contribution in [0.15, 0.2) is 53.9 Å². The van der Waals surface area contributed by atoms with Crippen LogP contribution in [0.4, 0.5) is 5.69 Å². The van der Waals surface area contributed by atoms with E-state index in [4.69, 9.17) is 15.0 Å². The summed E-state index contributed by atoms with van der Waals surface area (Å²) >= 11 is 1.54. The molecule has 1 aliphatic rings. The molecule has 1 aromatic heterocycles. The lowest BCUT2D eigenvalue weighted by molar-refractivity contribution is -0.130. The number of benzene rings is 2. The van der Waals surface area contributed by atoms with E-state index in [2.05, 4.69) is 11.0 Å². The third-order valence-corrected chi connectivity index (χ3v) is 6.44. The molecule has 6 nitrogen and oxygen atoms in total. The Bertz CT molecular complexity index is 1100. The van der Waals surface area contributed by atoms with Gasteiger partial charge in [0.2, 0.25) is 5.91 Å². The zero-order valence-corrected chi connectivity index (χ0v) is 19.0. The number of carbonyl (C=O) groups excluding carboxylic acids is 1. The predicted molar refractivity (Wildman–Crippen MR) is 127 cm³/mol. The highest BCUT2D eigenvalue weighted by Gasteiger charge is 2.21. The number of carbonyl (C=O) groups is 1. The summed E-state index contributed by atoms with van der Waals surface area (Å²) in [6.45, 7) is 5.67. The number of rotatable bonds is 6. The summed E-state index contributed by atoms with van der Waals surface area (Å²) in [5.41, 5.74) is 3.52. The number of nitrogens with zero attached hydrogens (tertiary/aromatic N) is 4. The monoisotopic (exact) mass is 446 g/mol. The van der Waals surface area contributed by atoms with E-state index in [1.165, 1.54) is 0 Å². The maximum atomic E-state index is 13.0. The summed E-state index contributed by atoms with van der Waals surface area (Å²) in [6.07, 6.45) is 1.22. The SMILES string of the molecule is CCOc1ccccc1-c1nc(CC(=O)N2CCCN(c3ccc(C#N)cc3)CC2)cs1. The van der Waals surface area contributed by atoms with Gasteiger partial charge in [-0.3, -0.25) is 4.79 Å². The van der Waals surface area contributed by atoms with Gasteiger partial charge in [0.15, 0.2) is 0 Å². The van der Waals surface area contributed by atoms with Crippen LogP contribution in [0, 0.1) is 11.3 Å². The van der Waals surface area contributed by atoms with Gasteiger partial charge in [0.05, 0.1) is 35.9 Å². The van der Waals surface area contributed by atoms with Crippen LogP contribution in [0.1, 0.15) is 24.6 Å². The second kappa shape index (κ2) is 10.3. The lowest BCUT2D eigenvalue weighted by atomic mass is 10.2. The van der Waals surface area contributed by atoms with E-state index in [1.54, 1.807) is 11.3 Å². The molecule has 0 spiro atoms. The molecule has 1 fully saturated rings. The van der Waals surface area contributed by atoms with Gasteiger partial charge in [-0.05, 0) is 49.7 Å². The van der Waals surface area contributed by atoms with Crippen molar-refractivity contribution in [2.75, 3.05) is 37.7 Å². The first-order valence-electron chi connectivity index (χ1n) is 10.9. The van der Waals surface area contributed by atoms with E-state index < -0.39 is 0 Å². The molecule has 4 rings (SSSR count). The summed E-state index contributed by atoms with van der Waals surface area (Å²) in [5.74, 6) is 0.930. The third kappa shape index (κ3) is 5.09. The molecule has 0 aliphatic carbocycles. The van der Waals surface area contributed by atoms with Gasteiger partial charge < -0.3 is 14.5 Å². The Morgan fingerprint density at radius 3 is 2.72 bits per heavy atom. The van der Waals surface area contributed by atoms with Crippen molar-refractivity contribution in [2.45, 2.75) is 19.8 Å². The maximum absolute atomic E-state index is 13.0. The minimum absolute atomic E-state index is 0.113. The van der Waals surface area contributed by atoms with E-state index in [9.17, 15) is 4.79 Å². The van der Waals surface area contributed by atoms with Gasteiger partial charge in [0.25, 0.3) is 0 Å².